The molecule has 0 radical (unpaired) electrons. The van der Waals surface area contributed by atoms with E-state index in [2.05, 4.69) is 16.4 Å². The fraction of sp³-hybridized carbons (Fsp3) is 0.500. The van der Waals surface area contributed by atoms with Gasteiger partial charge in [0.15, 0.2) is 0 Å². The molecule has 1 aromatic heterocycles. The molecule has 1 aromatic rings. The third-order valence-corrected chi connectivity index (χ3v) is 3.44. The monoisotopic (exact) mass is 259 g/mol. The lowest BCUT2D eigenvalue weighted by atomic mass is 9.95. The summed E-state index contributed by atoms with van der Waals surface area (Å²) in [4.78, 5) is 15.5. The van der Waals surface area contributed by atoms with Crippen LogP contribution >= 0.6 is 0 Å². The number of nitriles is 1. The summed E-state index contributed by atoms with van der Waals surface area (Å²) < 4.78 is 0. The van der Waals surface area contributed by atoms with Crippen LogP contribution in [0.25, 0.3) is 0 Å². The molecule has 0 saturated carbocycles. The van der Waals surface area contributed by atoms with Crippen LogP contribution in [0, 0.1) is 11.3 Å². The molecule has 2 rings (SSSR count). The van der Waals surface area contributed by atoms with Gasteiger partial charge in [0, 0.05) is 5.69 Å². The number of carboxylic acid groups (broad SMARTS) is 1. The number of aryl methyl sites for hydroxylation is 2. The topological polar surface area (TPSA) is 86.0 Å². The lowest BCUT2D eigenvalue weighted by molar-refractivity contribution is -0.137. The standard InChI is InChI=1S/C14H17N3O2/c1-2-11(14(18)19)16-13-10(8-15)7-9-5-3-4-6-12(9)17-13/h7,11H,2-6H2,1H3,(H,16,17)(H,18,19). The van der Waals surface area contributed by atoms with E-state index in [0.717, 1.165) is 36.9 Å². The minimum atomic E-state index is -0.925. The van der Waals surface area contributed by atoms with Gasteiger partial charge in [0.1, 0.15) is 17.9 Å². The first-order valence-corrected chi connectivity index (χ1v) is 6.58. The Morgan fingerprint density at radius 3 is 2.95 bits per heavy atom. The van der Waals surface area contributed by atoms with Gasteiger partial charge in [-0.3, -0.25) is 0 Å². The first kappa shape index (κ1) is 13.3. The maximum atomic E-state index is 11.1. The minimum Gasteiger partial charge on any atom is -0.480 e. The van der Waals surface area contributed by atoms with Crippen molar-refractivity contribution in [3.63, 3.8) is 0 Å². The normalized spacial score (nSPS) is 15.2. The van der Waals surface area contributed by atoms with E-state index in [-0.39, 0.29) is 0 Å². The quantitative estimate of drug-likeness (QED) is 0.864. The highest BCUT2D eigenvalue weighted by Gasteiger charge is 2.20. The number of nitrogens with zero attached hydrogens (tertiary/aromatic N) is 2. The predicted molar refractivity (Wildman–Crippen MR) is 70.9 cm³/mol. The highest BCUT2D eigenvalue weighted by Crippen LogP contribution is 2.24. The van der Waals surface area contributed by atoms with Crippen LogP contribution in [0.2, 0.25) is 0 Å². The second-order valence-electron chi connectivity index (χ2n) is 4.75. The summed E-state index contributed by atoms with van der Waals surface area (Å²) in [7, 11) is 0. The SMILES string of the molecule is CCC(Nc1nc2c(cc1C#N)CCCC2)C(=O)O. The van der Waals surface area contributed by atoms with Gasteiger partial charge >= 0.3 is 5.97 Å². The molecule has 0 bridgehead atoms. The molecule has 5 nitrogen and oxygen atoms in total. The largest absolute Gasteiger partial charge is 0.480 e. The maximum Gasteiger partial charge on any atom is 0.326 e. The number of rotatable bonds is 4. The molecular weight excluding hydrogens is 242 g/mol. The molecule has 0 aromatic carbocycles. The van der Waals surface area contributed by atoms with Crippen LogP contribution in [0.3, 0.4) is 0 Å². The van der Waals surface area contributed by atoms with Crippen molar-refractivity contribution in [3.05, 3.63) is 22.9 Å². The number of carboxylic acids is 1. The number of pyridine rings is 1. The molecule has 1 unspecified atom stereocenters. The van der Waals surface area contributed by atoms with Gasteiger partial charge in [0.2, 0.25) is 0 Å². The van der Waals surface area contributed by atoms with Gasteiger partial charge in [0.25, 0.3) is 0 Å². The molecule has 1 atom stereocenters. The van der Waals surface area contributed by atoms with E-state index in [0.29, 0.717) is 17.8 Å². The van der Waals surface area contributed by atoms with Crippen LogP contribution in [0.5, 0.6) is 0 Å². The highest BCUT2D eigenvalue weighted by molar-refractivity contribution is 5.77. The molecule has 19 heavy (non-hydrogen) atoms. The average Bonchev–Trinajstić information content (AvgIpc) is 2.43. The van der Waals surface area contributed by atoms with Crippen molar-refractivity contribution in [2.24, 2.45) is 0 Å². The molecule has 1 aliphatic carbocycles. The van der Waals surface area contributed by atoms with Crippen LogP contribution in [0.4, 0.5) is 5.82 Å². The molecular formula is C14H17N3O2. The smallest absolute Gasteiger partial charge is 0.326 e. The number of nitrogens with one attached hydrogen (secondary N) is 1. The Kier molecular flexibility index (Phi) is 4.00. The van der Waals surface area contributed by atoms with Crippen molar-refractivity contribution < 1.29 is 9.90 Å². The van der Waals surface area contributed by atoms with E-state index >= 15 is 0 Å². The van der Waals surface area contributed by atoms with Crippen LogP contribution < -0.4 is 5.32 Å². The number of hydrogen-bond donors (Lipinski definition) is 2. The minimum absolute atomic E-state index is 0.400. The average molecular weight is 259 g/mol. The summed E-state index contributed by atoms with van der Waals surface area (Å²) >= 11 is 0. The van der Waals surface area contributed by atoms with E-state index in [1.165, 1.54) is 0 Å². The number of aromatic nitrogens is 1. The summed E-state index contributed by atoms with van der Waals surface area (Å²) in [6.45, 7) is 1.79. The molecule has 1 aliphatic rings. The Labute approximate surface area is 112 Å². The summed E-state index contributed by atoms with van der Waals surface area (Å²) in [6.07, 6.45) is 4.52. The summed E-state index contributed by atoms with van der Waals surface area (Å²) in [5, 5.41) is 21.1. The van der Waals surface area contributed by atoms with Gasteiger partial charge in [-0.1, -0.05) is 6.92 Å². The van der Waals surface area contributed by atoms with Gasteiger partial charge < -0.3 is 10.4 Å². The highest BCUT2D eigenvalue weighted by atomic mass is 16.4. The number of carbonyl (C=O) groups is 1. The fourth-order valence-electron chi connectivity index (χ4n) is 2.33. The maximum absolute atomic E-state index is 11.1. The van der Waals surface area contributed by atoms with Crippen molar-refractivity contribution in [1.82, 2.24) is 4.98 Å². The number of hydrogen-bond acceptors (Lipinski definition) is 4. The van der Waals surface area contributed by atoms with Crippen LogP contribution in [0.15, 0.2) is 6.07 Å². The van der Waals surface area contributed by atoms with Crippen LogP contribution in [-0.4, -0.2) is 22.1 Å². The third-order valence-electron chi connectivity index (χ3n) is 3.44. The van der Waals surface area contributed by atoms with Crippen molar-refractivity contribution in [3.8, 4) is 6.07 Å². The Balaban J connectivity index is 2.34. The molecule has 0 aliphatic heterocycles. The molecule has 0 spiro atoms. The Morgan fingerprint density at radius 1 is 1.58 bits per heavy atom. The van der Waals surface area contributed by atoms with Gasteiger partial charge in [-0.2, -0.15) is 5.26 Å². The Bertz CT molecular complexity index is 534. The second-order valence-corrected chi connectivity index (χ2v) is 4.75. The van der Waals surface area contributed by atoms with Gasteiger partial charge in [-0.15, -0.1) is 0 Å². The first-order valence-electron chi connectivity index (χ1n) is 6.58. The second kappa shape index (κ2) is 5.70. The molecule has 0 amide bonds. The number of anilines is 1. The summed E-state index contributed by atoms with van der Waals surface area (Å²) in [6, 6.07) is 3.23. The van der Waals surface area contributed by atoms with Crippen LogP contribution in [0.1, 0.15) is 43.0 Å². The third kappa shape index (κ3) is 2.84. The van der Waals surface area contributed by atoms with Crippen molar-refractivity contribution in [2.45, 2.75) is 45.1 Å². The Hall–Kier alpha value is -2.09. The van der Waals surface area contributed by atoms with Crippen LogP contribution in [-0.2, 0) is 17.6 Å². The first-order chi connectivity index (χ1) is 9.15. The van der Waals surface area contributed by atoms with Crippen molar-refractivity contribution in [2.75, 3.05) is 5.32 Å². The van der Waals surface area contributed by atoms with E-state index in [4.69, 9.17) is 10.4 Å². The molecule has 0 saturated heterocycles. The molecule has 0 fully saturated rings. The molecule has 5 heteroatoms. The van der Waals surface area contributed by atoms with E-state index < -0.39 is 12.0 Å². The number of aliphatic carboxylic acids is 1. The summed E-state index contributed by atoms with van der Waals surface area (Å²) in [5.41, 5.74) is 2.55. The van der Waals surface area contributed by atoms with Crippen molar-refractivity contribution in [1.29, 1.82) is 5.26 Å². The molecule has 1 heterocycles. The lowest BCUT2D eigenvalue weighted by Gasteiger charge is -2.19. The van der Waals surface area contributed by atoms with Crippen molar-refractivity contribution >= 4 is 11.8 Å². The Morgan fingerprint density at radius 2 is 2.32 bits per heavy atom. The van der Waals surface area contributed by atoms with Gasteiger partial charge in [-0.25, -0.2) is 9.78 Å². The molecule has 2 N–H and O–H groups in total. The van der Waals surface area contributed by atoms with E-state index in [1.54, 1.807) is 6.92 Å². The fourth-order valence-corrected chi connectivity index (χ4v) is 2.33. The molecule has 100 valence electrons. The van der Waals surface area contributed by atoms with E-state index in [1.807, 2.05) is 6.07 Å². The predicted octanol–water partition coefficient (Wildman–Crippen LogP) is 2.11. The zero-order valence-electron chi connectivity index (χ0n) is 10.9. The van der Waals surface area contributed by atoms with E-state index in [9.17, 15) is 4.79 Å². The van der Waals surface area contributed by atoms with Gasteiger partial charge in [-0.05, 0) is 43.7 Å². The zero-order chi connectivity index (χ0) is 13.8. The summed E-state index contributed by atoms with van der Waals surface area (Å²) in [5.74, 6) is -0.525. The number of fused-ring (bicyclic) bond motifs is 1. The zero-order valence-corrected chi connectivity index (χ0v) is 10.9. The lowest BCUT2D eigenvalue weighted by Crippen LogP contribution is -2.29. The van der Waals surface area contributed by atoms with Gasteiger partial charge in [0.05, 0.1) is 5.56 Å².